The number of carbonyl (C=O) groups excluding carboxylic acids is 1. The van der Waals surface area contributed by atoms with E-state index in [2.05, 4.69) is 29.2 Å². The number of likely N-dealkylation sites (N-methyl/N-ethyl adjacent to an activating group) is 1. The lowest BCUT2D eigenvalue weighted by Gasteiger charge is -2.21. The van der Waals surface area contributed by atoms with Crippen molar-refractivity contribution in [2.45, 2.75) is 32.7 Å². The van der Waals surface area contributed by atoms with Gasteiger partial charge in [0.05, 0.1) is 10.7 Å². The smallest absolute Gasteiger partial charge is 0.317 e. The molecule has 1 N–H and O–H groups in total. The van der Waals surface area contributed by atoms with Gasteiger partial charge in [-0.25, -0.2) is 9.78 Å². The third-order valence-corrected chi connectivity index (χ3v) is 4.53. The van der Waals surface area contributed by atoms with Crippen molar-refractivity contribution in [3.8, 4) is 0 Å². The van der Waals surface area contributed by atoms with Gasteiger partial charge in [0.15, 0.2) is 0 Å². The lowest BCUT2D eigenvalue weighted by atomic mass is 10.2. The molecule has 2 amide bonds. The summed E-state index contributed by atoms with van der Waals surface area (Å²) in [6.45, 7) is 5.30. The maximum absolute atomic E-state index is 12.2. The average Bonchev–Trinajstić information content (AvgIpc) is 3.13. The lowest BCUT2D eigenvalue weighted by molar-refractivity contribution is 0.206. The van der Waals surface area contributed by atoms with Crippen LogP contribution in [0.2, 0.25) is 0 Å². The summed E-state index contributed by atoms with van der Waals surface area (Å²) in [4.78, 5) is 18.2. The third kappa shape index (κ3) is 4.07. The highest BCUT2D eigenvalue weighted by molar-refractivity contribution is 7.09. The second-order valence-electron chi connectivity index (χ2n) is 5.44. The Balaban J connectivity index is 1.86. The number of amides is 2. The monoisotopic (exact) mass is 321 g/mol. The molecule has 0 spiro atoms. The number of thiazole rings is 1. The van der Waals surface area contributed by atoms with Crippen molar-refractivity contribution in [1.82, 2.24) is 25.0 Å². The fourth-order valence-corrected chi connectivity index (χ4v) is 3.07. The summed E-state index contributed by atoms with van der Waals surface area (Å²) in [6, 6.07) is -0.0747. The first-order valence-electron chi connectivity index (χ1n) is 7.41. The van der Waals surface area contributed by atoms with Crippen LogP contribution in [0.4, 0.5) is 4.79 Å². The van der Waals surface area contributed by atoms with Crippen molar-refractivity contribution in [3.05, 3.63) is 34.0 Å². The van der Waals surface area contributed by atoms with Gasteiger partial charge in [-0.05, 0) is 6.42 Å². The van der Waals surface area contributed by atoms with Crippen LogP contribution in [0.15, 0.2) is 17.8 Å². The van der Waals surface area contributed by atoms with Gasteiger partial charge in [0.2, 0.25) is 0 Å². The van der Waals surface area contributed by atoms with Gasteiger partial charge >= 0.3 is 6.03 Å². The molecule has 0 aliphatic heterocycles. The predicted molar refractivity (Wildman–Crippen MR) is 88.0 cm³/mol. The molecule has 0 fully saturated rings. The number of rotatable bonds is 6. The lowest BCUT2D eigenvalue weighted by Crippen LogP contribution is -2.38. The molecule has 0 bridgehead atoms. The Morgan fingerprint density at radius 1 is 1.55 bits per heavy atom. The van der Waals surface area contributed by atoms with E-state index in [1.807, 2.05) is 25.7 Å². The maximum atomic E-state index is 12.2. The Hall–Kier alpha value is -1.89. The minimum atomic E-state index is -0.0747. The van der Waals surface area contributed by atoms with Gasteiger partial charge in [-0.3, -0.25) is 4.68 Å². The van der Waals surface area contributed by atoms with Gasteiger partial charge in [0.1, 0.15) is 0 Å². The van der Waals surface area contributed by atoms with Crippen LogP contribution in [0.5, 0.6) is 0 Å². The molecule has 0 saturated carbocycles. The van der Waals surface area contributed by atoms with Crippen LogP contribution < -0.4 is 5.32 Å². The minimum Gasteiger partial charge on any atom is -0.334 e. The van der Waals surface area contributed by atoms with Crippen LogP contribution in [-0.2, 0) is 20.0 Å². The van der Waals surface area contributed by atoms with Crippen LogP contribution in [0.25, 0.3) is 0 Å². The molecular formula is C15H23N5OS. The van der Waals surface area contributed by atoms with E-state index in [4.69, 9.17) is 0 Å². The molecule has 0 radical (unpaired) electrons. The first kappa shape index (κ1) is 16.5. The molecule has 2 aromatic rings. The molecule has 1 atom stereocenters. The molecule has 6 nitrogen and oxygen atoms in total. The zero-order chi connectivity index (χ0) is 16.1. The fraction of sp³-hybridized carbons (Fsp3) is 0.533. The van der Waals surface area contributed by atoms with E-state index in [9.17, 15) is 4.79 Å². The van der Waals surface area contributed by atoms with E-state index >= 15 is 0 Å². The first-order valence-corrected chi connectivity index (χ1v) is 8.29. The summed E-state index contributed by atoms with van der Waals surface area (Å²) in [6.07, 6.45) is 4.62. The molecule has 0 unspecified atom stereocenters. The summed E-state index contributed by atoms with van der Waals surface area (Å²) >= 11 is 1.62. The van der Waals surface area contributed by atoms with Crippen LogP contribution >= 0.6 is 11.3 Å². The number of nitrogens with one attached hydrogen (secondary N) is 1. The van der Waals surface area contributed by atoms with Crippen molar-refractivity contribution in [2.75, 3.05) is 13.6 Å². The zero-order valence-electron chi connectivity index (χ0n) is 13.5. The quantitative estimate of drug-likeness (QED) is 0.888. The van der Waals surface area contributed by atoms with Crippen molar-refractivity contribution in [1.29, 1.82) is 0 Å². The second kappa shape index (κ2) is 7.40. The van der Waals surface area contributed by atoms with Gasteiger partial charge in [-0.15, -0.1) is 11.3 Å². The van der Waals surface area contributed by atoms with Crippen molar-refractivity contribution >= 4 is 17.4 Å². The average molecular weight is 321 g/mol. The van der Waals surface area contributed by atoms with E-state index < -0.39 is 0 Å². The molecular weight excluding hydrogens is 298 g/mol. The van der Waals surface area contributed by atoms with E-state index in [-0.39, 0.29) is 11.9 Å². The Labute approximate surface area is 135 Å². The van der Waals surface area contributed by atoms with Crippen LogP contribution in [-0.4, -0.2) is 39.3 Å². The van der Waals surface area contributed by atoms with Crippen molar-refractivity contribution in [2.24, 2.45) is 7.05 Å². The third-order valence-electron chi connectivity index (χ3n) is 3.52. The van der Waals surface area contributed by atoms with E-state index in [1.165, 1.54) is 0 Å². The summed E-state index contributed by atoms with van der Waals surface area (Å²) in [5.74, 6) is 0.236. The molecule has 0 saturated heterocycles. The number of urea groups is 1. The minimum absolute atomic E-state index is 0.0747. The second-order valence-corrected chi connectivity index (χ2v) is 6.37. The number of aromatic nitrogens is 3. The Morgan fingerprint density at radius 3 is 2.95 bits per heavy atom. The molecule has 0 aliphatic rings. The van der Waals surface area contributed by atoms with E-state index in [1.54, 1.807) is 27.1 Å². The zero-order valence-corrected chi connectivity index (χ0v) is 14.4. The van der Waals surface area contributed by atoms with Gasteiger partial charge < -0.3 is 10.2 Å². The van der Waals surface area contributed by atoms with Crippen LogP contribution in [0, 0.1) is 0 Å². The number of nitrogens with zero attached hydrogens (tertiary/aromatic N) is 4. The fourth-order valence-electron chi connectivity index (χ4n) is 2.38. The first-order chi connectivity index (χ1) is 10.5. The van der Waals surface area contributed by atoms with Crippen LogP contribution in [0.1, 0.15) is 36.0 Å². The SMILES string of the molecule is CCc1nn(C)cc1CNC(=O)N(C)C[C@H](C)c1nccs1. The molecule has 0 aromatic carbocycles. The molecule has 7 heteroatoms. The van der Waals surface area contributed by atoms with E-state index in [0.29, 0.717) is 13.1 Å². The normalized spacial score (nSPS) is 12.2. The van der Waals surface area contributed by atoms with Crippen molar-refractivity contribution in [3.63, 3.8) is 0 Å². The van der Waals surface area contributed by atoms with E-state index in [0.717, 1.165) is 22.7 Å². The van der Waals surface area contributed by atoms with Gasteiger partial charge in [-0.2, -0.15) is 5.10 Å². The molecule has 120 valence electrons. The molecule has 22 heavy (non-hydrogen) atoms. The summed E-state index contributed by atoms with van der Waals surface area (Å²) in [5.41, 5.74) is 2.10. The number of hydrogen-bond donors (Lipinski definition) is 1. The number of aryl methyl sites for hydroxylation is 2. The van der Waals surface area contributed by atoms with Gasteiger partial charge in [-0.1, -0.05) is 13.8 Å². The molecule has 2 heterocycles. The van der Waals surface area contributed by atoms with Gasteiger partial charge in [0, 0.05) is 56.4 Å². The topological polar surface area (TPSA) is 63.1 Å². The number of hydrogen-bond acceptors (Lipinski definition) is 4. The van der Waals surface area contributed by atoms with Crippen LogP contribution in [0.3, 0.4) is 0 Å². The summed E-state index contributed by atoms with van der Waals surface area (Å²) < 4.78 is 1.79. The highest BCUT2D eigenvalue weighted by Crippen LogP contribution is 2.18. The largest absolute Gasteiger partial charge is 0.334 e. The summed E-state index contributed by atoms with van der Waals surface area (Å²) in [5, 5.41) is 10.3. The highest BCUT2D eigenvalue weighted by Gasteiger charge is 2.16. The van der Waals surface area contributed by atoms with Crippen molar-refractivity contribution < 1.29 is 4.79 Å². The van der Waals surface area contributed by atoms with Gasteiger partial charge in [0.25, 0.3) is 0 Å². The molecule has 2 aromatic heterocycles. The Kier molecular flexibility index (Phi) is 5.54. The predicted octanol–water partition coefficient (Wildman–Crippen LogP) is 2.38. The Bertz CT molecular complexity index is 607. The highest BCUT2D eigenvalue weighted by atomic mass is 32.1. The Morgan fingerprint density at radius 2 is 2.32 bits per heavy atom. The molecule has 2 rings (SSSR count). The molecule has 0 aliphatic carbocycles. The number of carbonyl (C=O) groups is 1. The summed E-state index contributed by atoms with van der Waals surface area (Å²) in [7, 11) is 3.70. The maximum Gasteiger partial charge on any atom is 0.317 e. The standard InChI is InChI=1S/C15H23N5OS/c1-5-13-12(10-20(4)18-13)8-17-15(21)19(3)9-11(2)14-16-6-7-22-14/h6-7,10-11H,5,8-9H2,1-4H3,(H,17,21)/t11-/m0/s1.